The zero-order valence-corrected chi connectivity index (χ0v) is 12.0. The van der Waals surface area contributed by atoms with Gasteiger partial charge in [0, 0.05) is 6.42 Å². The smallest absolute Gasteiger partial charge is 0.119 e. The van der Waals surface area contributed by atoms with E-state index in [9.17, 15) is 5.11 Å². The highest BCUT2D eigenvalue weighted by Crippen LogP contribution is 2.41. The molecule has 1 unspecified atom stereocenters. The summed E-state index contributed by atoms with van der Waals surface area (Å²) < 4.78 is 5.29. The first-order valence-corrected chi connectivity index (χ1v) is 7.06. The van der Waals surface area contributed by atoms with E-state index in [2.05, 4.69) is 37.3 Å². The van der Waals surface area contributed by atoms with Gasteiger partial charge >= 0.3 is 0 Å². The summed E-state index contributed by atoms with van der Waals surface area (Å²) in [5, 5.41) is 11.1. The second-order valence-corrected chi connectivity index (χ2v) is 5.72. The van der Waals surface area contributed by atoms with Crippen LogP contribution in [0.15, 0.2) is 42.5 Å². The average Bonchev–Trinajstić information content (AvgIpc) is 2.76. The third-order valence-electron chi connectivity index (χ3n) is 4.21. The number of benzene rings is 2. The number of methoxy groups -OCH3 is 1. The first-order chi connectivity index (χ1) is 9.60. The zero-order valence-electron chi connectivity index (χ0n) is 12.0. The Labute approximate surface area is 120 Å². The van der Waals surface area contributed by atoms with Gasteiger partial charge in [-0.1, -0.05) is 35.9 Å². The first-order valence-electron chi connectivity index (χ1n) is 7.06. The zero-order chi connectivity index (χ0) is 14.2. The molecule has 0 saturated carbocycles. The largest absolute Gasteiger partial charge is 0.497 e. The van der Waals surface area contributed by atoms with E-state index in [1.165, 1.54) is 16.7 Å². The molecule has 1 N–H and O–H groups in total. The number of aliphatic hydroxyl groups is 1. The fourth-order valence-electron chi connectivity index (χ4n) is 3.15. The van der Waals surface area contributed by atoms with E-state index < -0.39 is 5.60 Å². The molecule has 0 fully saturated rings. The third-order valence-corrected chi connectivity index (χ3v) is 4.21. The molecule has 1 aliphatic rings. The van der Waals surface area contributed by atoms with E-state index >= 15 is 0 Å². The summed E-state index contributed by atoms with van der Waals surface area (Å²) in [4.78, 5) is 0. The second-order valence-electron chi connectivity index (χ2n) is 5.72. The maximum atomic E-state index is 11.1. The molecule has 0 spiro atoms. The van der Waals surface area contributed by atoms with Gasteiger partial charge in [0.1, 0.15) is 5.75 Å². The van der Waals surface area contributed by atoms with Crippen molar-refractivity contribution in [2.75, 3.05) is 7.11 Å². The number of hydrogen-bond donors (Lipinski definition) is 1. The van der Waals surface area contributed by atoms with Gasteiger partial charge in [0.05, 0.1) is 12.7 Å². The molecule has 0 bridgehead atoms. The average molecular weight is 268 g/mol. The summed E-state index contributed by atoms with van der Waals surface area (Å²) in [6.07, 6.45) is 2.37. The lowest BCUT2D eigenvalue weighted by atomic mass is 9.88. The highest BCUT2D eigenvalue weighted by atomic mass is 16.5. The van der Waals surface area contributed by atoms with Gasteiger partial charge in [0.2, 0.25) is 0 Å². The SMILES string of the molecule is COc1ccc2c(c1)C(O)(Cc1cccc(C)c1)CC2. The topological polar surface area (TPSA) is 29.5 Å². The van der Waals surface area contributed by atoms with Gasteiger partial charge in [-0.15, -0.1) is 0 Å². The molecule has 2 aromatic rings. The summed E-state index contributed by atoms with van der Waals surface area (Å²) in [5.74, 6) is 0.813. The van der Waals surface area contributed by atoms with Crippen LogP contribution in [0.4, 0.5) is 0 Å². The van der Waals surface area contributed by atoms with Crippen molar-refractivity contribution in [3.8, 4) is 5.75 Å². The molecule has 0 aromatic heterocycles. The molecule has 2 aromatic carbocycles. The molecule has 0 amide bonds. The molecule has 0 aliphatic heterocycles. The van der Waals surface area contributed by atoms with Crippen LogP contribution in [0.1, 0.15) is 28.7 Å². The highest BCUT2D eigenvalue weighted by molar-refractivity contribution is 5.44. The van der Waals surface area contributed by atoms with Crippen molar-refractivity contribution >= 4 is 0 Å². The monoisotopic (exact) mass is 268 g/mol. The first kappa shape index (κ1) is 13.2. The lowest BCUT2D eigenvalue weighted by molar-refractivity contribution is 0.0388. The molecule has 104 valence electrons. The number of fused-ring (bicyclic) bond motifs is 1. The van der Waals surface area contributed by atoms with Crippen LogP contribution < -0.4 is 4.74 Å². The molecule has 0 heterocycles. The maximum Gasteiger partial charge on any atom is 0.119 e. The number of ether oxygens (including phenoxy) is 1. The number of rotatable bonds is 3. The quantitative estimate of drug-likeness (QED) is 0.924. The van der Waals surface area contributed by atoms with Crippen molar-refractivity contribution in [1.29, 1.82) is 0 Å². The summed E-state index contributed by atoms with van der Waals surface area (Å²) in [6, 6.07) is 14.4. The minimum atomic E-state index is -0.766. The molecule has 1 aliphatic carbocycles. The number of hydrogen-bond acceptors (Lipinski definition) is 2. The lowest BCUT2D eigenvalue weighted by Gasteiger charge is -2.24. The Kier molecular flexibility index (Phi) is 3.27. The minimum Gasteiger partial charge on any atom is -0.497 e. The summed E-state index contributed by atoms with van der Waals surface area (Å²) in [7, 11) is 1.66. The van der Waals surface area contributed by atoms with Crippen LogP contribution in [-0.2, 0) is 18.4 Å². The minimum absolute atomic E-state index is 0.662. The van der Waals surface area contributed by atoms with Crippen molar-refractivity contribution in [3.63, 3.8) is 0 Å². The Hall–Kier alpha value is -1.80. The molecule has 3 rings (SSSR count). The van der Waals surface area contributed by atoms with Crippen molar-refractivity contribution in [2.24, 2.45) is 0 Å². The van der Waals surface area contributed by atoms with E-state index in [4.69, 9.17) is 4.74 Å². The fourth-order valence-corrected chi connectivity index (χ4v) is 3.15. The van der Waals surface area contributed by atoms with Crippen LogP contribution in [0.2, 0.25) is 0 Å². The normalized spacial score (nSPS) is 20.8. The van der Waals surface area contributed by atoms with Crippen molar-refractivity contribution < 1.29 is 9.84 Å². The molecule has 2 nitrogen and oxygen atoms in total. The Balaban J connectivity index is 1.95. The third kappa shape index (κ3) is 2.32. The Morgan fingerprint density at radius 3 is 2.80 bits per heavy atom. The molecule has 2 heteroatoms. The predicted molar refractivity (Wildman–Crippen MR) is 80.1 cm³/mol. The fraction of sp³-hybridized carbons (Fsp3) is 0.333. The Morgan fingerprint density at radius 1 is 1.20 bits per heavy atom. The summed E-state index contributed by atoms with van der Waals surface area (Å²) in [5.41, 5.74) is 3.91. The van der Waals surface area contributed by atoms with Crippen molar-refractivity contribution in [3.05, 3.63) is 64.7 Å². The van der Waals surface area contributed by atoms with Crippen molar-refractivity contribution in [1.82, 2.24) is 0 Å². The van der Waals surface area contributed by atoms with E-state index in [0.717, 1.165) is 24.2 Å². The van der Waals surface area contributed by atoms with Crippen LogP contribution in [0, 0.1) is 6.92 Å². The van der Waals surface area contributed by atoms with Gasteiger partial charge < -0.3 is 9.84 Å². The van der Waals surface area contributed by atoms with Gasteiger partial charge in [0.25, 0.3) is 0 Å². The molecule has 20 heavy (non-hydrogen) atoms. The van der Waals surface area contributed by atoms with E-state index in [1.807, 2.05) is 12.1 Å². The molecule has 1 atom stereocenters. The van der Waals surface area contributed by atoms with E-state index in [-0.39, 0.29) is 0 Å². The van der Waals surface area contributed by atoms with Crippen LogP contribution in [0.3, 0.4) is 0 Å². The summed E-state index contributed by atoms with van der Waals surface area (Å²) >= 11 is 0. The van der Waals surface area contributed by atoms with E-state index in [0.29, 0.717) is 6.42 Å². The van der Waals surface area contributed by atoms with Crippen molar-refractivity contribution in [2.45, 2.75) is 31.8 Å². The van der Waals surface area contributed by atoms with Crippen LogP contribution in [0.5, 0.6) is 5.75 Å². The lowest BCUT2D eigenvalue weighted by Crippen LogP contribution is -2.25. The predicted octanol–water partition coefficient (Wildman–Crippen LogP) is 3.38. The number of aryl methyl sites for hydroxylation is 2. The van der Waals surface area contributed by atoms with Gasteiger partial charge in [0.15, 0.2) is 0 Å². The Morgan fingerprint density at radius 2 is 2.05 bits per heavy atom. The van der Waals surface area contributed by atoms with Gasteiger partial charge in [-0.2, -0.15) is 0 Å². The Bertz CT molecular complexity index is 633. The summed E-state index contributed by atoms with van der Waals surface area (Å²) in [6.45, 7) is 2.08. The molecule has 0 saturated heterocycles. The van der Waals surface area contributed by atoms with Crippen LogP contribution in [0.25, 0.3) is 0 Å². The molecular weight excluding hydrogens is 248 g/mol. The van der Waals surface area contributed by atoms with Gasteiger partial charge in [-0.05, 0) is 48.6 Å². The molecular formula is C18H20O2. The van der Waals surface area contributed by atoms with Crippen LogP contribution >= 0.6 is 0 Å². The van der Waals surface area contributed by atoms with E-state index in [1.54, 1.807) is 7.11 Å². The second kappa shape index (κ2) is 4.95. The van der Waals surface area contributed by atoms with Gasteiger partial charge in [-0.25, -0.2) is 0 Å². The standard InChI is InChI=1S/C18H20O2/c1-13-4-3-5-14(10-13)12-18(19)9-8-15-6-7-16(20-2)11-17(15)18/h3-7,10-11,19H,8-9,12H2,1-2H3. The highest BCUT2D eigenvalue weighted by Gasteiger charge is 2.37. The van der Waals surface area contributed by atoms with Gasteiger partial charge in [-0.3, -0.25) is 0 Å². The van der Waals surface area contributed by atoms with Crippen LogP contribution in [-0.4, -0.2) is 12.2 Å². The molecule has 0 radical (unpaired) electrons. The maximum absolute atomic E-state index is 11.1.